The summed E-state index contributed by atoms with van der Waals surface area (Å²) in [5.41, 5.74) is -0.185. The van der Waals surface area contributed by atoms with Gasteiger partial charge in [0, 0.05) is 19.1 Å². The summed E-state index contributed by atoms with van der Waals surface area (Å²) in [7, 11) is 1.61. The van der Waals surface area contributed by atoms with Crippen LogP contribution in [-0.4, -0.2) is 47.8 Å². The van der Waals surface area contributed by atoms with Gasteiger partial charge in [-0.05, 0) is 44.7 Å². The van der Waals surface area contributed by atoms with E-state index in [0.717, 1.165) is 17.2 Å². The lowest BCUT2D eigenvalue weighted by atomic mass is 10.1. The van der Waals surface area contributed by atoms with E-state index >= 15 is 0 Å². The van der Waals surface area contributed by atoms with E-state index in [0.29, 0.717) is 30.4 Å². The summed E-state index contributed by atoms with van der Waals surface area (Å²) in [6.07, 6.45) is 0.460. The van der Waals surface area contributed by atoms with Gasteiger partial charge in [0.2, 0.25) is 0 Å². The Hall–Kier alpha value is -3.01. The number of anilines is 1. The highest BCUT2D eigenvalue weighted by Gasteiger charge is 2.30. The van der Waals surface area contributed by atoms with Gasteiger partial charge in [0.25, 0.3) is 0 Å². The molecule has 7 heteroatoms. The minimum absolute atomic E-state index is 0.0204. The van der Waals surface area contributed by atoms with Crippen LogP contribution in [0.5, 0.6) is 5.75 Å². The SMILES string of the molecule is COc1cccc2cc(C#N)nc(NC3CCN(C(=O)OC(C)(C)C)C3)c12. The van der Waals surface area contributed by atoms with Crippen LogP contribution in [0.2, 0.25) is 0 Å². The Bertz CT molecular complexity index is 898. The summed E-state index contributed by atoms with van der Waals surface area (Å²) in [6.45, 7) is 6.69. The van der Waals surface area contributed by atoms with Gasteiger partial charge in [-0.15, -0.1) is 0 Å². The monoisotopic (exact) mass is 368 g/mol. The van der Waals surface area contributed by atoms with Gasteiger partial charge in [0.1, 0.15) is 28.9 Å². The van der Waals surface area contributed by atoms with E-state index in [9.17, 15) is 10.1 Å². The van der Waals surface area contributed by atoms with Crippen LogP contribution in [0.3, 0.4) is 0 Å². The van der Waals surface area contributed by atoms with Crippen LogP contribution in [0.15, 0.2) is 24.3 Å². The van der Waals surface area contributed by atoms with Crippen molar-refractivity contribution in [2.45, 2.75) is 38.8 Å². The van der Waals surface area contributed by atoms with Crippen molar-refractivity contribution < 1.29 is 14.3 Å². The third-order valence-electron chi connectivity index (χ3n) is 4.33. The quantitative estimate of drug-likeness (QED) is 0.892. The summed E-state index contributed by atoms with van der Waals surface area (Å²) in [5, 5.41) is 14.4. The van der Waals surface area contributed by atoms with E-state index < -0.39 is 5.60 Å². The number of methoxy groups -OCH3 is 1. The third kappa shape index (κ3) is 4.22. The zero-order chi connectivity index (χ0) is 19.6. The van der Waals surface area contributed by atoms with E-state index in [2.05, 4.69) is 16.4 Å². The molecule has 0 spiro atoms. The van der Waals surface area contributed by atoms with Crippen molar-refractivity contribution in [1.29, 1.82) is 5.26 Å². The predicted octanol–water partition coefficient (Wildman–Crippen LogP) is 3.54. The molecule has 1 amide bonds. The number of carbonyl (C=O) groups is 1. The summed E-state index contributed by atoms with van der Waals surface area (Å²) in [4.78, 5) is 18.4. The Labute approximate surface area is 158 Å². The minimum Gasteiger partial charge on any atom is -0.496 e. The molecule has 1 N–H and O–H groups in total. The molecular formula is C20H24N4O3. The average Bonchev–Trinajstić information content (AvgIpc) is 3.08. The van der Waals surface area contributed by atoms with E-state index in [1.54, 1.807) is 18.1 Å². The van der Waals surface area contributed by atoms with Gasteiger partial charge >= 0.3 is 6.09 Å². The zero-order valence-corrected chi connectivity index (χ0v) is 16.1. The fourth-order valence-electron chi connectivity index (χ4n) is 3.17. The largest absolute Gasteiger partial charge is 0.496 e. The number of rotatable bonds is 3. The van der Waals surface area contributed by atoms with Crippen LogP contribution in [-0.2, 0) is 4.74 Å². The molecule has 0 aliphatic carbocycles. The zero-order valence-electron chi connectivity index (χ0n) is 16.1. The van der Waals surface area contributed by atoms with Gasteiger partial charge in [-0.1, -0.05) is 12.1 Å². The molecule has 0 saturated carbocycles. The van der Waals surface area contributed by atoms with Crippen molar-refractivity contribution in [1.82, 2.24) is 9.88 Å². The number of fused-ring (bicyclic) bond motifs is 1. The Morgan fingerprint density at radius 2 is 2.19 bits per heavy atom. The molecule has 0 bridgehead atoms. The second kappa shape index (κ2) is 7.31. The van der Waals surface area contributed by atoms with Crippen molar-refractivity contribution in [2.24, 2.45) is 0 Å². The minimum atomic E-state index is -0.519. The second-order valence-corrected chi connectivity index (χ2v) is 7.58. The first kappa shape index (κ1) is 18.8. The number of aromatic nitrogens is 1. The lowest BCUT2D eigenvalue weighted by Crippen LogP contribution is -2.36. The number of carbonyl (C=O) groups excluding carboxylic acids is 1. The molecule has 1 atom stereocenters. The van der Waals surface area contributed by atoms with E-state index in [1.807, 2.05) is 39.0 Å². The molecule has 0 radical (unpaired) electrons. The molecule has 1 aliphatic rings. The number of likely N-dealkylation sites (tertiary alicyclic amines) is 1. The first-order valence-corrected chi connectivity index (χ1v) is 8.93. The normalized spacial score (nSPS) is 16.9. The maximum Gasteiger partial charge on any atom is 0.410 e. The number of ether oxygens (including phenoxy) is 2. The Kier molecular flexibility index (Phi) is 5.08. The van der Waals surface area contributed by atoms with Crippen molar-refractivity contribution in [3.8, 4) is 11.8 Å². The fourth-order valence-corrected chi connectivity index (χ4v) is 3.17. The van der Waals surface area contributed by atoms with Gasteiger partial charge in [0.15, 0.2) is 0 Å². The molecule has 1 fully saturated rings. The molecule has 1 aromatic heterocycles. The molecule has 1 unspecified atom stereocenters. The molecular weight excluding hydrogens is 344 g/mol. The Morgan fingerprint density at radius 1 is 1.41 bits per heavy atom. The number of benzene rings is 1. The number of nitrogens with one attached hydrogen (secondary N) is 1. The lowest BCUT2D eigenvalue weighted by Gasteiger charge is -2.24. The van der Waals surface area contributed by atoms with Crippen molar-refractivity contribution in [3.05, 3.63) is 30.0 Å². The van der Waals surface area contributed by atoms with Gasteiger partial charge in [0.05, 0.1) is 12.5 Å². The van der Waals surface area contributed by atoms with Crippen molar-refractivity contribution in [2.75, 3.05) is 25.5 Å². The molecule has 2 heterocycles. The topological polar surface area (TPSA) is 87.5 Å². The maximum absolute atomic E-state index is 12.3. The average molecular weight is 368 g/mol. The molecule has 1 aromatic carbocycles. The van der Waals surface area contributed by atoms with E-state index in [1.165, 1.54) is 0 Å². The van der Waals surface area contributed by atoms with Crippen LogP contribution in [0.1, 0.15) is 32.9 Å². The smallest absolute Gasteiger partial charge is 0.410 e. The number of hydrogen-bond donors (Lipinski definition) is 1. The summed E-state index contributed by atoms with van der Waals surface area (Å²) >= 11 is 0. The standard InChI is InChI=1S/C20H24N4O3/c1-20(2,3)27-19(25)24-9-8-14(12-24)22-18-17-13(10-15(11-21)23-18)6-5-7-16(17)26-4/h5-7,10,14H,8-9,12H2,1-4H3,(H,22,23). The van der Waals surface area contributed by atoms with Gasteiger partial charge in [-0.3, -0.25) is 0 Å². The second-order valence-electron chi connectivity index (χ2n) is 7.58. The van der Waals surface area contributed by atoms with Gasteiger partial charge < -0.3 is 19.7 Å². The molecule has 1 aliphatic heterocycles. The number of pyridine rings is 1. The van der Waals surface area contributed by atoms with Crippen LogP contribution in [0.25, 0.3) is 10.8 Å². The maximum atomic E-state index is 12.3. The van der Waals surface area contributed by atoms with Gasteiger partial charge in [-0.25, -0.2) is 9.78 Å². The summed E-state index contributed by atoms with van der Waals surface area (Å²) in [5.74, 6) is 1.28. The summed E-state index contributed by atoms with van der Waals surface area (Å²) < 4.78 is 10.9. The molecule has 2 aromatic rings. The Morgan fingerprint density at radius 3 is 2.85 bits per heavy atom. The van der Waals surface area contributed by atoms with Crippen molar-refractivity contribution in [3.63, 3.8) is 0 Å². The predicted molar refractivity (Wildman–Crippen MR) is 103 cm³/mol. The molecule has 1 saturated heterocycles. The third-order valence-corrected chi connectivity index (χ3v) is 4.33. The molecule has 3 rings (SSSR count). The summed E-state index contributed by atoms with van der Waals surface area (Å²) in [6, 6.07) is 9.53. The van der Waals surface area contributed by atoms with E-state index in [-0.39, 0.29) is 12.1 Å². The highest BCUT2D eigenvalue weighted by Crippen LogP contribution is 2.32. The van der Waals surface area contributed by atoms with E-state index in [4.69, 9.17) is 9.47 Å². The number of nitriles is 1. The van der Waals surface area contributed by atoms with Gasteiger partial charge in [-0.2, -0.15) is 5.26 Å². The number of amides is 1. The number of hydrogen-bond acceptors (Lipinski definition) is 6. The van der Waals surface area contributed by atoms with Crippen LogP contribution < -0.4 is 10.1 Å². The van der Waals surface area contributed by atoms with Crippen LogP contribution >= 0.6 is 0 Å². The molecule has 7 nitrogen and oxygen atoms in total. The highest BCUT2D eigenvalue weighted by molar-refractivity contribution is 5.97. The fraction of sp³-hybridized carbons (Fsp3) is 0.450. The van der Waals surface area contributed by atoms with Crippen molar-refractivity contribution >= 4 is 22.7 Å². The van der Waals surface area contributed by atoms with Crippen LogP contribution in [0, 0.1) is 11.3 Å². The first-order valence-electron chi connectivity index (χ1n) is 8.93. The Balaban J connectivity index is 1.83. The highest BCUT2D eigenvalue weighted by atomic mass is 16.6. The molecule has 142 valence electrons. The lowest BCUT2D eigenvalue weighted by molar-refractivity contribution is 0.0293. The first-order chi connectivity index (χ1) is 12.8. The van der Waals surface area contributed by atoms with Crippen LogP contribution in [0.4, 0.5) is 10.6 Å². The number of nitrogens with zero attached hydrogens (tertiary/aromatic N) is 3. The molecule has 27 heavy (non-hydrogen) atoms.